The molecule has 1 atom stereocenters. The number of nitrogens with zero attached hydrogens (tertiary/aromatic N) is 3. The number of rotatable bonds is 6. The summed E-state index contributed by atoms with van der Waals surface area (Å²) in [5, 5.41) is 6.21. The number of amides is 2. The second-order valence-corrected chi connectivity index (χ2v) is 9.72. The molecule has 2 heterocycles. The van der Waals surface area contributed by atoms with Gasteiger partial charge in [0, 0.05) is 63.6 Å². The van der Waals surface area contributed by atoms with E-state index in [1.54, 1.807) is 12.1 Å². The molecule has 2 aliphatic rings. The molecule has 34 heavy (non-hydrogen) atoms. The lowest BCUT2D eigenvalue weighted by molar-refractivity contribution is -0.139. The number of benzene rings is 2. The minimum absolute atomic E-state index is 0.0271. The minimum Gasteiger partial charge on any atom is -0.374 e. The van der Waals surface area contributed by atoms with Gasteiger partial charge in [-0.1, -0.05) is 35.9 Å². The third-order valence-electron chi connectivity index (χ3n) is 6.85. The van der Waals surface area contributed by atoms with Crippen LogP contribution < -0.4 is 15.5 Å². The number of hydrogen-bond donors (Lipinski definition) is 2. The molecule has 0 radical (unpaired) electrons. The number of hydrogen-bond acceptors (Lipinski definition) is 5. The maximum Gasteiger partial charge on any atom is 0.309 e. The number of anilines is 1. The van der Waals surface area contributed by atoms with Crippen LogP contribution >= 0.6 is 11.6 Å². The Balaban J connectivity index is 1.42. The Labute approximate surface area is 207 Å². The summed E-state index contributed by atoms with van der Waals surface area (Å²) in [5.41, 5.74) is 4.73. The van der Waals surface area contributed by atoms with Gasteiger partial charge >= 0.3 is 11.8 Å². The summed E-state index contributed by atoms with van der Waals surface area (Å²) in [5.74, 6) is -1.23. The number of carbonyl (C=O) groups excluding carboxylic acids is 2. The van der Waals surface area contributed by atoms with Gasteiger partial charge in [0.25, 0.3) is 0 Å². The van der Waals surface area contributed by atoms with Crippen molar-refractivity contribution in [3.63, 3.8) is 0 Å². The third kappa shape index (κ3) is 6.09. The van der Waals surface area contributed by atoms with E-state index >= 15 is 0 Å². The number of piperazine rings is 1. The fourth-order valence-corrected chi connectivity index (χ4v) is 4.86. The summed E-state index contributed by atoms with van der Waals surface area (Å²) in [4.78, 5) is 32.0. The second kappa shape index (κ2) is 11.2. The topological polar surface area (TPSA) is 67.9 Å². The Bertz CT molecular complexity index is 1000. The van der Waals surface area contributed by atoms with Gasteiger partial charge in [-0.25, -0.2) is 0 Å². The molecule has 7 nitrogen and oxygen atoms in total. The molecule has 0 spiro atoms. The summed E-state index contributed by atoms with van der Waals surface area (Å²) >= 11 is 5.90. The van der Waals surface area contributed by atoms with E-state index in [0.717, 1.165) is 51.1 Å². The van der Waals surface area contributed by atoms with Gasteiger partial charge in [-0.15, -0.1) is 0 Å². The van der Waals surface area contributed by atoms with Crippen LogP contribution in [0.25, 0.3) is 0 Å². The zero-order valence-electron chi connectivity index (χ0n) is 20.0. The number of aryl methyl sites for hydroxylation is 1. The van der Waals surface area contributed by atoms with E-state index in [4.69, 9.17) is 11.6 Å². The van der Waals surface area contributed by atoms with Crippen LogP contribution in [0.15, 0.2) is 42.5 Å². The molecule has 2 aromatic rings. The normalized spacial score (nSPS) is 17.7. The first-order valence-corrected chi connectivity index (χ1v) is 12.4. The van der Waals surface area contributed by atoms with Crippen molar-refractivity contribution < 1.29 is 9.59 Å². The zero-order chi connectivity index (χ0) is 24.1. The van der Waals surface area contributed by atoms with Crippen LogP contribution in [0.2, 0.25) is 5.02 Å². The van der Waals surface area contributed by atoms with Gasteiger partial charge in [-0.05, 0) is 54.8 Å². The number of carbonyl (C=O) groups is 2. The van der Waals surface area contributed by atoms with E-state index in [1.165, 1.54) is 16.8 Å². The highest BCUT2D eigenvalue weighted by Gasteiger charge is 2.26. The Morgan fingerprint density at radius 3 is 2.38 bits per heavy atom. The smallest absolute Gasteiger partial charge is 0.309 e. The number of likely N-dealkylation sites (N-methyl/N-ethyl adjacent to an activating group) is 1. The number of nitrogens with one attached hydrogen (secondary N) is 2. The van der Waals surface area contributed by atoms with Crippen LogP contribution in [0.4, 0.5) is 5.69 Å². The van der Waals surface area contributed by atoms with Crippen LogP contribution in [-0.2, 0) is 22.6 Å². The third-order valence-corrected chi connectivity index (χ3v) is 7.10. The standard InChI is InChI=1S/C26H34ClN5O2/c1-30-12-14-32(15-13-30)24(21-7-10-23-20(16-21)4-3-11-31(23)2)18-29-26(34)25(33)28-17-19-5-8-22(27)9-6-19/h5-10,16,24H,3-4,11-15,17-18H2,1-2H3,(H,28,33)(H,29,34)/t24-/m1/s1. The molecule has 182 valence electrons. The average molecular weight is 484 g/mol. The van der Waals surface area contributed by atoms with E-state index < -0.39 is 11.8 Å². The molecular weight excluding hydrogens is 450 g/mol. The summed E-state index contributed by atoms with van der Waals surface area (Å²) in [6, 6.07) is 13.9. The highest BCUT2D eigenvalue weighted by atomic mass is 35.5. The molecule has 1 fully saturated rings. The lowest BCUT2D eigenvalue weighted by Crippen LogP contribution is -2.49. The summed E-state index contributed by atoms with van der Waals surface area (Å²) in [6.07, 6.45) is 2.22. The molecular formula is C26H34ClN5O2. The van der Waals surface area contributed by atoms with E-state index in [9.17, 15) is 9.59 Å². The van der Waals surface area contributed by atoms with Crippen molar-refractivity contribution in [1.82, 2.24) is 20.4 Å². The molecule has 0 bridgehead atoms. The predicted octanol–water partition coefficient (Wildman–Crippen LogP) is 2.44. The van der Waals surface area contributed by atoms with Gasteiger partial charge in [0.1, 0.15) is 0 Å². The molecule has 2 aliphatic heterocycles. The van der Waals surface area contributed by atoms with Gasteiger partial charge in [0.15, 0.2) is 0 Å². The number of halogens is 1. The molecule has 0 saturated carbocycles. The lowest BCUT2D eigenvalue weighted by Gasteiger charge is -2.39. The molecule has 2 N–H and O–H groups in total. The Kier molecular flexibility index (Phi) is 8.08. The van der Waals surface area contributed by atoms with Gasteiger partial charge in [-0.3, -0.25) is 14.5 Å². The van der Waals surface area contributed by atoms with Crippen LogP contribution in [0.3, 0.4) is 0 Å². The van der Waals surface area contributed by atoms with Crippen molar-refractivity contribution in [2.75, 3.05) is 58.3 Å². The van der Waals surface area contributed by atoms with Crippen LogP contribution in [0.1, 0.15) is 29.2 Å². The Morgan fingerprint density at radius 1 is 0.941 bits per heavy atom. The van der Waals surface area contributed by atoms with Gasteiger partial charge in [-0.2, -0.15) is 0 Å². The fourth-order valence-electron chi connectivity index (χ4n) is 4.74. The number of fused-ring (bicyclic) bond motifs is 1. The zero-order valence-corrected chi connectivity index (χ0v) is 20.8. The first kappa shape index (κ1) is 24.5. The summed E-state index contributed by atoms with van der Waals surface area (Å²) < 4.78 is 0. The van der Waals surface area contributed by atoms with Gasteiger partial charge in [0.05, 0.1) is 6.04 Å². The quantitative estimate of drug-likeness (QED) is 0.618. The maximum absolute atomic E-state index is 12.6. The monoisotopic (exact) mass is 483 g/mol. The van der Waals surface area contributed by atoms with Crippen molar-refractivity contribution in [3.8, 4) is 0 Å². The fraction of sp³-hybridized carbons (Fsp3) is 0.462. The van der Waals surface area contributed by atoms with Gasteiger partial charge < -0.3 is 20.4 Å². The van der Waals surface area contributed by atoms with Gasteiger partial charge in [0.2, 0.25) is 0 Å². The molecule has 2 amide bonds. The summed E-state index contributed by atoms with van der Waals surface area (Å²) in [7, 11) is 4.27. The van der Waals surface area contributed by atoms with Crippen molar-refractivity contribution in [1.29, 1.82) is 0 Å². The highest BCUT2D eigenvalue weighted by Crippen LogP contribution is 2.31. The largest absolute Gasteiger partial charge is 0.374 e. The molecule has 0 unspecified atom stereocenters. The van der Waals surface area contributed by atoms with E-state index in [1.807, 2.05) is 12.1 Å². The minimum atomic E-state index is -0.626. The second-order valence-electron chi connectivity index (χ2n) is 9.29. The van der Waals surface area contributed by atoms with E-state index in [-0.39, 0.29) is 12.6 Å². The summed E-state index contributed by atoms with van der Waals surface area (Å²) in [6.45, 7) is 5.58. The van der Waals surface area contributed by atoms with Crippen molar-refractivity contribution in [2.45, 2.75) is 25.4 Å². The SMILES string of the molecule is CN1CCN([C@H](CNC(=O)C(=O)NCc2ccc(Cl)cc2)c2ccc3c(c2)CCCN3C)CC1. The molecule has 4 rings (SSSR count). The molecule has 0 aromatic heterocycles. The van der Waals surface area contributed by atoms with Crippen molar-refractivity contribution in [2.24, 2.45) is 0 Å². The predicted molar refractivity (Wildman–Crippen MR) is 136 cm³/mol. The highest BCUT2D eigenvalue weighted by molar-refractivity contribution is 6.35. The van der Waals surface area contributed by atoms with Crippen LogP contribution in [0, 0.1) is 0 Å². The van der Waals surface area contributed by atoms with Crippen molar-refractivity contribution in [3.05, 3.63) is 64.2 Å². The lowest BCUT2D eigenvalue weighted by atomic mass is 9.95. The van der Waals surface area contributed by atoms with Crippen LogP contribution in [0.5, 0.6) is 0 Å². The van der Waals surface area contributed by atoms with Crippen molar-refractivity contribution >= 4 is 29.1 Å². The van der Waals surface area contributed by atoms with Crippen LogP contribution in [-0.4, -0.2) is 75.0 Å². The molecule has 1 saturated heterocycles. The van der Waals surface area contributed by atoms with E-state index in [0.29, 0.717) is 11.6 Å². The molecule has 0 aliphatic carbocycles. The molecule has 2 aromatic carbocycles. The Morgan fingerprint density at radius 2 is 1.65 bits per heavy atom. The first-order chi connectivity index (χ1) is 16.4. The first-order valence-electron chi connectivity index (χ1n) is 12.0. The van der Waals surface area contributed by atoms with E-state index in [2.05, 4.69) is 57.6 Å². The maximum atomic E-state index is 12.6. The Hall–Kier alpha value is -2.61. The average Bonchev–Trinajstić information content (AvgIpc) is 2.84. The molecule has 8 heteroatoms.